The van der Waals surface area contributed by atoms with Gasteiger partial charge in [-0.3, -0.25) is 4.79 Å². The van der Waals surface area contributed by atoms with Crippen molar-refractivity contribution in [1.82, 2.24) is 9.97 Å². The summed E-state index contributed by atoms with van der Waals surface area (Å²) in [5.41, 5.74) is 2.04. The SMILES string of the molecule is CCOc1cc(NC[C@H]2CC(=O)Nc3ccccc32)ncn1. The van der Waals surface area contributed by atoms with Crippen LogP contribution in [-0.2, 0) is 4.79 Å². The van der Waals surface area contributed by atoms with Crippen LogP contribution in [0.3, 0.4) is 0 Å². The molecule has 1 aliphatic rings. The predicted octanol–water partition coefficient (Wildman–Crippen LogP) is 2.41. The average molecular weight is 298 g/mol. The van der Waals surface area contributed by atoms with Crippen LogP contribution in [0.5, 0.6) is 5.88 Å². The molecule has 1 atom stereocenters. The van der Waals surface area contributed by atoms with Crippen molar-refractivity contribution >= 4 is 17.4 Å². The number of anilines is 2. The van der Waals surface area contributed by atoms with Crippen molar-refractivity contribution in [2.24, 2.45) is 0 Å². The van der Waals surface area contributed by atoms with Crippen LogP contribution in [0.2, 0.25) is 0 Å². The summed E-state index contributed by atoms with van der Waals surface area (Å²) in [6.45, 7) is 3.10. The summed E-state index contributed by atoms with van der Waals surface area (Å²) in [5, 5.41) is 6.17. The Labute approximate surface area is 128 Å². The molecule has 6 nitrogen and oxygen atoms in total. The molecule has 1 aliphatic heterocycles. The summed E-state index contributed by atoms with van der Waals surface area (Å²) < 4.78 is 5.36. The zero-order valence-electron chi connectivity index (χ0n) is 12.4. The van der Waals surface area contributed by atoms with E-state index < -0.39 is 0 Å². The van der Waals surface area contributed by atoms with Crippen molar-refractivity contribution in [3.63, 3.8) is 0 Å². The van der Waals surface area contributed by atoms with Crippen LogP contribution in [0.25, 0.3) is 0 Å². The van der Waals surface area contributed by atoms with Crippen molar-refractivity contribution in [1.29, 1.82) is 0 Å². The standard InChI is InChI=1S/C16H18N4O2/c1-2-22-16-8-14(18-10-19-16)17-9-11-7-15(21)20-13-6-4-3-5-12(11)13/h3-6,8,10-11H,2,7,9H2,1H3,(H,20,21)(H,17,18,19)/t11-/m1/s1. The molecule has 3 rings (SSSR count). The molecule has 0 aliphatic carbocycles. The van der Waals surface area contributed by atoms with E-state index in [0.717, 1.165) is 11.3 Å². The van der Waals surface area contributed by atoms with Gasteiger partial charge in [-0.25, -0.2) is 9.97 Å². The lowest BCUT2D eigenvalue weighted by atomic mass is 9.90. The van der Waals surface area contributed by atoms with Crippen LogP contribution >= 0.6 is 0 Å². The Bertz CT molecular complexity index is 675. The topological polar surface area (TPSA) is 76.1 Å². The zero-order valence-corrected chi connectivity index (χ0v) is 12.4. The number of nitrogens with zero attached hydrogens (tertiary/aromatic N) is 2. The molecule has 2 heterocycles. The number of hydrogen-bond donors (Lipinski definition) is 2. The number of carbonyl (C=O) groups is 1. The number of ether oxygens (including phenoxy) is 1. The molecule has 0 saturated carbocycles. The van der Waals surface area contributed by atoms with E-state index in [1.54, 1.807) is 6.07 Å². The van der Waals surface area contributed by atoms with E-state index in [0.29, 0.717) is 31.3 Å². The Morgan fingerprint density at radius 2 is 2.23 bits per heavy atom. The molecule has 6 heteroatoms. The Hall–Kier alpha value is -2.63. The van der Waals surface area contributed by atoms with Gasteiger partial charge in [0.15, 0.2) is 0 Å². The molecule has 1 aromatic heterocycles. The number of fused-ring (bicyclic) bond motifs is 1. The number of amides is 1. The summed E-state index contributed by atoms with van der Waals surface area (Å²) in [5.74, 6) is 1.40. The van der Waals surface area contributed by atoms with Gasteiger partial charge in [0.1, 0.15) is 12.1 Å². The Balaban J connectivity index is 1.71. The molecule has 0 bridgehead atoms. The maximum Gasteiger partial charge on any atom is 0.225 e. The van der Waals surface area contributed by atoms with Crippen LogP contribution in [0, 0.1) is 0 Å². The highest BCUT2D eigenvalue weighted by Crippen LogP contribution is 2.31. The van der Waals surface area contributed by atoms with Gasteiger partial charge < -0.3 is 15.4 Å². The van der Waals surface area contributed by atoms with Gasteiger partial charge in [0.25, 0.3) is 0 Å². The minimum Gasteiger partial charge on any atom is -0.478 e. The molecule has 2 aromatic rings. The van der Waals surface area contributed by atoms with Crippen LogP contribution < -0.4 is 15.4 Å². The third kappa shape index (κ3) is 3.16. The van der Waals surface area contributed by atoms with E-state index in [4.69, 9.17) is 4.74 Å². The minimum absolute atomic E-state index is 0.0446. The molecule has 0 saturated heterocycles. The van der Waals surface area contributed by atoms with Gasteiger partial charge in [-0.1, -0.05) is 18.2 Å². The summed E-state index contributed by atoms with van der Waals surface area (Å²) in [7, 11) is 0. The molecule has 1 amide bonds. The van der Waals surface area contributed by atoms with Crippen LogP contribution in [0.1, 0.15) is 24.8 Å². The fourth-order valence-electron chi connectivity index (χ4n) is 2.57. The van der Waals surface area contributed by atoms with E-state index >= 15 is 0 Å². The number of nitrogens with one attached hydrogen (secondary N) is 2. The molecular weight excluding hydrogens is 280 g/mol. The van der Waals surface area contributed by atoms with E-state index in [9.17, 15) is 4.79 Å². The molecule has 0 unspecified atom stereocenters. The minimum atomic E-state index is 0.0446. The zero-order chi connectivity index (χ0) is 15.4. The normalized spacial score (nSPS) is 16.6. The molecule has 0 radical (unpaired) electrons. The summed E-state index contributed by atoms with van der Waals surface area (Å²) >= 11 is 0. The van der Waals surface area contributed by atoms with Crippen molar-refractivity contribution in [3.05, 3.63) is 42.2 Å². The predicted molar refractivity (Wildman–Crippen MR) is 84.1 cm³/mol. The van der Waals surface area contributed by atoms with E-state index in [2.05, 4.69) is 20.6 Å². The lowest BCUT2D eigenvalue weighted by molar-refractivity contribution is -0.116. The van der Waals surface area contributed by atoms with Gasteiger partial charge in [-0.05, 0) is 18.6 Å². The van der Waals surface area contributed by atoms with E-state index in [1.807, 2.05) is 31.2 Å². The van der Waals surface area contributed by atoms with Gasteiger partial charge in [-0.2, -0.15) is 0 Å². The highest BCUT2D eigenvalue weighted by molar-refractivity contribution is 5.94. The Morgan fingerprint density at radius 1 is 1.36 bits per heavy atom. The quantitative estimate of drug-likeness (QED) is 0.886. The summed E-state index contributed by atoms with van der Waals surface area (Å²) in [6, 6.07) is 9.65. The molecule has 22 heavy (non-hydrogen) atoms. The van der Waals surface area contributed by atoms with Crippen molar-refractivity contribution in [2.45, 2.75) is 19.3 Å². The van der Waals surface area contributed by atoms with E-state index in [1.165, 1.54) is 6.33 Å². The van der Waals surface area contributed by atoms with Gasteiger partial charge in [0, 0.05) is 30.6 Å². The Kier molecular flexibility index (Phi) is 4.18. The average Bonchev–Trinajstić information content (AvgIpc) is 2.53. The smallest absolute Gasteiger partial charge is 0.225 e. The van der Waals surface area contributed by atoms with Crippen LogP contribution in [-0.4, -0.2) is 29.0 Å². The molecule has 0 spiro atoms. The van der Waals surface area contributed by atoms with Gasteiger partial charge in [0.2, 0.25) is 11.8 Å². The highest BCUT2D eigenvalue weighted by Gasteiger charge is 2.24. The molecule has 0 fully saturated rings. The van der Waals surface area contributed by atoms with Crippen molar-refractivity contribution in [2.75, 3.05) is 23.8 Å². The largest absolute Gasteiger partial charge is 0.478 e. The summed E-state index contributed by atoms with van der Waals surface area (Å²) in [6.07, 6.45) is 1.93. The Morgan fingerprint density at radius 3 is 3.09 bits per heavy atom. The van der Waals surface area contributed by atoms with Gasteiger partial charge >= 0.3 is 0 Å². The first-order chi connectivity index (χ1) is 10.8. The second kappa shape index (κ2) is 6.43. The first-order valence-electron chi connectivity index (χ1n) is 7.33. The number of para-hydroxylation sites is 1. The van der Waals surface area contributed by atoms with E-state index in [-0.39, 0.29) is 11.8 Å². The van der Waals surface area contributed by atoms with Crippen LogP contribution in [0.15, 0.2) is 36.7 Å². The number of aromatic nitrogens is 2. The fraction of sp³-hybridized carbons (Fsp3) is 0.312. The van der Waals surface area contributed by atoms with Crippen LogP contribution in [0.4, 0.5) is 11.5 Å². The van der Waals surface area contributed by atoms with Gasteiger partial charge in [-0.15, -0.1) is 0 Å². The monoisotopic (exact) mass is 298 g/mol. The first-order valence-corrected chi connectivity index (χ1v) is 7.33. The number of hydrogen-bond acceptors (Lipinski definition) is 5. The molecule has 2 N–H and O–H groups in total. The maximum absolute atomic E-state index is 11.8. The number of rotatable bonds is 5. The number of carbonyl (C=O) groups excluding carboxylic acids is 1. The lowest BCUT2D eigenvalue weighted by Crippen LogP contribution is -2.26. The molecule has 114 valence electrons. The van der Waals surface area contributed by atoms with Gasteiger partial charge in [0.05, 0.1) is 6.61 Å². The maximum atomic E-state index is 11.8. The highest BCUT2D eigenvalue weighted by atomic mass is 16.5. The lowest BCUT2D eigenvalue weighted by Gasteiger charge is -2.25. The fourth-order valence-corrected chi connectivity index (χ4v) is 2.57. The third-order valence-corrected chi connectivity index (χ3v) is 3.57. The first kappa shape index (κ1) is 14.3. The third-order valence-electron chi connectivity index (χ3n) is 3.57. The van der Waals surface area contributed by atoms with Crippen molar-refractivity contribution in [3.8, 4) is 5.88 Å². The number of benzene rings is 1. The second-order valence-corrected chi connectivity index (χ2v) is 5.09. The molecular formula is C16H18N4O2. The van der Waals surface area contributed by atoms with Crippen molar-refractivity contribution < 1.29 is 9.53 Å². The second-order valence-electron chi connectivity index (χ2n) is 5.09. The summed E-state index contributed by atoms with van der Waals surface area (Å²) in [4.78, 5) is 20.0. The molecule has 1 aromatic carbocycles.